The van der Waals surface area contributed by atoms with Crippen LogP contribution >= 0.6 is 0 Å². The van der Waals surface area contributed by atoms with E-state index >= 15 is 0 Å². The molecule has 1 atom stereocenters. The number of ether oxygens (including phenoxy) is 1. The highest BCUT2D eigenvalue weighted by atomic mass is 32.2. The summed E-state index contributed by atoms with van der Waals surface area (Å²) in [5.74, 6) is 0.467. The van der Waals surface area contributed by atoms with Crippen molar-refractivity contribution >= 4 is 21.8 Å². The third kappa shape index (κ3) is 9.43. The van der Waals surface area contributed by atoms with E-state index in [1.807, 2.05) is 68.4 Å². The molecule has 41 heavy (non-hydrogen) atoms. The van der Waals surface area contributed by atoms with Crippen LogP contribution in [0.2, 0.25) is 0 Å². The van der Waals surface area contributed by atoms with Crippen molar-refractivity contribution in [2.45, 2.75) is 50.6 Å². The van der Waals surface area contributed by atoms with Crippen LogP contribution in [0.15, 0.2) is 89.8 Å². The van der Waals surface area contributed by atoms with E-state index in [1.165, 1.54) is 11.4 Å². The average Bonchev–Trinajstić information content (AvgIpc) is 2.98. The molecule has 1 unspecified atom stereocenters. The molecule has 9 heteroatoms. The number of hydrogen-bond acceptors (Lipinski definition) is 5. The van der Waals surface area contributed by atoms with Gasteiger partial charge in [-0.05, 0) is 47.7 Å². The Balaban J connectivity index is 1.84. The molecule has 0 heterocycles. The molecule has 8 nitrogen and oxygen atoms in total. The molecule has 3 aromatic rings. The summed E-state index contributed by atoms with van der Waals surface area (Å²) in [6.45, 7) is 4.91. The second-order valence-corrected chi connectivity index (χ2v) is 12.5. The zero-order chi connectivity index (χ0) is 29.8. The number of benzene rings is 3. The predicted molar refractivity (Wildman–Crippen MR) is 161 cm³/mol. The van der Waals surface area contributed by atoms with Gasteiger partial charge in [-0.3, -0.25) is 9.59 Å². The summed E-state index contributed by atoms with van der Waals surface area (Å²) in [4.78, 5) is 29.2. The van der Waals surface area contributed by atoms with Crippen molar-refractivity contribution in [3.63, 3.8) is 0 Å². The Morgan fingerprint density at radius 3 is 2.17 bits per heavy atom. The van der Waals surface area contributed by atoms with Crippen LogP contribution in [-0.4, -0.2) is 62.7 Å². The summed E-state index contributed by atoms with van der Waals surface area (Å²) < 4.78 is 32.5. The van der Waals surface area contributed by atoms with Crippen LogP contribution in [0.25, 0.3) is 0 Å². The van der Waals surface area contributed by atoms with Crippen molar-refractivity contribution in [2.24, 2.45) is 5.92 Å². The zero-order valence-electron chi connectivity index (χ0n) is 24.3. The van der Waals surface area contributed by atoms with Crippen LogP contribution in [0.1, 0.15) is 37.8 Å². The monoisotopic (exact) mass is 579 g/mol. The quantitative estimate of drug-likeness (QED) is 0.286. The summed E-state index contributed by atoms with van der Waals surface area (Å²) >= 11 is 0. The van der Waals surface area contributed by atoms with Gasteiger partial charge in [0.2, 0.25) is 21.8 Å². The number of sulfonamides is 1. The average molecular weight is 580 g/mol. The zero-order valence-corrected chi connectivity index (χ0v) is 25.1. The minimum absolute atomic E-state index is 0.0847. The summed E-state index contributed by atoms with van der Waals surface area (Å²) in [7, 11) is -0.574. The van der Waals surface area contributed by atoms with Crippen molar-refractivity contribution in [3.8, 4) is 5.75 Å². The van der Waals surface area contributed by atoms with Gasteiger partial charge in [-0.2, -0.15) is 0 Å². The van der Waals surface area contributed by atoms with Gasteiger partial charge in [-0.1, -0.05) is 74.5 Å². The van der Waals surface area contributed by atoms with Gasteiger partial charge in [-0.15, -0.1) is 0 Å². The molecule has 3 rings (SSSR count). The minimum Gasteiger partial charge on any atom is -0.497 e. The number of nitrogens with one attached hydrogen (secondary N) is 1. The molecule has 2 amide bonds. The molecule has 0 aliphatic carbocycles. The Morgan fingerprint density at radius 1 is 0.902 bits per heavy atom. The molecule has 0 aromatic heterocycles. The maximum Gasteiger partial charge on any atom is 0.243 e. The summed E-state index contributed by atoms with van der Waals surface area (Å²) in [5.41, 5.74) is 1.77. The first-order chi connectivity index (χ1) is 19.6. The predicted octanol–water partition coefficient (Wildman–Crippen LogP) is 4.51. The molecule has 3 aromatic carbocycles. The Bertz CT molecular complexity index is 1360. The Hall–Kier alpha value is -3.69. The van der Waals surface area contributed by atoms with Gasteiger partial charge in [0.05, 0.1) is 12.0 Å². The van der Waals surface area contributed by atoms with E-state index in [0.717, 1.165) is 11.1 Å². The highest BCUT2D eigenvalue weighted by molar-refractivity contribution is 7.89. The number of carbonyl (C=O) groups excluding carboxylic acids is 2. The lowest BCUT2D eigenvalue weighted by Crippen LogP contribution is -2.51. The van der Waals surface area contributed by atoms with Crippen molar-refractivity contribution in [1.82, 2.24) is 14.5 Å². The van der Waals surface area contributed by atoms with Crippen LogP contribution in [0, 0.1) is 5.92 Å². The summed E-state index contributed by atoms with van der Waals surface area (Å²) in [5, 5.41) is 3.01. The Labute approximate surface area is 244 Å². The molecule has 0 spiro atoms. The van der Waals surface area contributed by atoms with E-state index in [2.05, 4.69) is 5.32 Å². The van der Waals surface area contributed by atoms with Crippen LogP contribution < -0.4 is 10.1 Å². The lowest BCUT2D eigenvalue weighted by Gasteiger charge is -2.32. The van der Waals surface area contributed by atoms with Gasteiger partial charge in [-0.25, -0.2) is 12.7 Å². The molecular weight excluding hydrogens is 538 g/mol. The smallest absolute Gasteiger partial charge is 0.243 e. The number of amides is 2. The normalized spacial score (nSPS) is 12.2. The molecule has 220 valence electrons. The van der Waals surface area contributed by atoms with E-state index < -0.39 is 16.1 Å². The first-order valence-electron chi connectivity index (χ1n) is 13.9. The van der Waals surface area contributed by atoms with Gasteiger partial charge in [0.25, 0.3) is 0 Å². The first kappa shape index (κ1) is 31.8. The molecule has 0 saturated heterocycles. The molecule has 0 aliphatic rings. The van der Waals surface area contributed by atoms with Crippen LogP contribution in [0.4, 0.5) is 0 Å². The second-order valence-electron chi connectivity index (χ2n) is 10.5. The van der Waals surface area contributed by atoms with Gasteiger partial charge < -0.3 is 15.0 Å². The van der Waals surface area contributed by atoms with Gasteiger partial charge in [0.15, 0.2) is 0 Å². The second kappa shape index (κ2) is 15.3. The van der Waals surface area contributed by atoms with Gasteiger partial charge >= 0.3 is 0 Å². The lowest BCUT2D eigenvalue weighted by atomic mass is 10.0. The maximum absolute atomic E-state index is 13.8. The fourth-order valence-electron chi connectivity index (χ4n) is 4.43. The van der Waals surface area contributed by atoms with Gasteiger partial charge in [0.1, 0.15) is 11.8 Å². The number of hydrogen-bond donors (Lipinski definition) is 1. The third-order valence-electron chi connectivity index (χ3n) is 6.76. The molecule has 0 fully saturated rings. The summed E-state index contributed by atoms with van der Waals surface area (Å²) in [6, 6.07) is 24.5. The highest BCUT2D eigenvalue weighted by Gasteiger charge is 2.30. The van der Waals surface area contributed by atoms with Crippen molar-refractivity contribution in [1.29, 1.82) is 0 Å². The Kier molecular flexibility index (Phi) is 11.9. The molecule has 0 aliphatic heterocycles. The SMILES string of the molecule is COc1cccc(CN(C(=O)CCCN(C)S(=O)(=O)c2ccccc2)C(Cc2ccccc2)C(=O)NCC(C)C)c1. The largest absolute Gasteiger partial charge is 0.497 e. The van der Waals surface area contributed by atoms with Gasteiger partial charge in [0, 0.05) is 39.5 Å². The fourth-order valence-corrected chi connectivity index (χ4v) is 5.66. The van der Waals surface area contributed by atoms with E-state index in [-0.39, 0.29) is 42.1 Å². The molecule has 0 radical (unpaired) electrons. The van der Waals surface area contributed by atoms with Crippen molar-refractivity contribution < 1.29 is 22.7 Å². The fraction of sp³-hybridized carbons (Fsp3) is 0.375. The van der Waals surface area contributed by atoms with Crippen LogP contribution in [0.5, 0.6) is 5.75 Å². The maximum atomic E-state index is 13.8. The molecule has 0 bridgehead atoms. The first-order valence-corrected chi connectivity index (χ1v) is 15.3. The minimum atomic E-state index is -3.67. The number of carbonyl (C=O) groups is 2. The standard InChI is InChI=1S/C32H41N3O5S/c1-25(2)23-33-32(37)30(22-26-13-7-5-8-14-26)35(24-27-15-11-16-28(21-27)40-4)31(36)19-12-20-34(3)41(38,39)29-17-9-6-10-18-29/h5-11,13-18,21,25,30H,12,19-20,22-24H2,1-4H3,(H,33,37). The molecule has 1 N–H and O–H groups in total. The molecule has 0 saturated carbocycles. The van der Waals surface area contributed by atoms with E-state index in [0.29, 0.717) is 25.1 Å². The van der Waals surface area contributed by atoms with Crippen LogP contribution in [0.3, 0.4) is 0 Å². The van der Waals surface area contributed by atoms with Crippen molar-refractivity contribution in [2.75, 3.05) is 27.2 Å². The van der Waals surface area contributed by atoms with E-state index in [9.17, 15) is 18.0 Å². The summed E-state index contributed by atoms with van der Waals surface area (Å²) in [6.07, 6.45) is 0.742. The highest BCUT2D eigenvalue weighted by Crippen LogP contribution is 2.20. The Morgan fingerprint density at radius 2 is 1.54 bits per heavy atom. The lowest BCUT2D eigenvalue weighted by molar-refractivity contribution is -0.141. The topological polar surface area (TPSA) is 96.0 Å². The van der Waals surface area contributed by atoms with E-state index in [1.54, 1.807) is 42.3 Å². The van der Waals surface area contributed by atoms with Crippen LogP contribution in [-0.2, 0) is 32.6 Å². The number of nitrogens with zero attached hydrogens (tertiary/aromatic N) is 2. The third-order valence-corrected chi connectivity index (χ3v) is 8.63. The van der Waals surface area contributed by atoms with Crippen molar-refractivity contribution in [3.05, 3.63) is 96.1 Å². The number of methoxy groups -OCH3 is 1. The van der Waals surface area contributed by atoms with E-state index in [4.69, 9.17) is 4.74 Å². The number of rotatable bonds is 15. The molecular formula is C32H41N3O5S.